The molecule has 0 radical (unpaired) electrons. The summed E-state index contributed by atoms with van der Waals surface area (Å²) in [5.74, 6) is -0.0450. The third kappa shape index (κ3) is 4.19. The number of esters is 1. The molecular weight excluding hydrogens is 413 g/mol. The molecule has 0 aliphatic carbocycles. The van der Waals surface area contributed by atoms with Crippen molar-refractivity contribution in [2.75, 3.05) is 13.7 Å². The van der Waals surface area contributed by atoms with Crippen LogP contribution in [0.2, 0.25) is 15.1 Å². The number of pyridine rings is 1. The van der Waals surface area contributed by atoms with Crippen molar-refractivity contribution in [3.05, 3.63) is 62.9 Å². The van der Waals surface area contributed by atoms with Gasteiger partial charge in [-0.15, -0.1) is 0 Å². The summed E-state index contributed by atoms with van der Waals surface area (Å²) in [6.07, 6.45) is 3.09. The first-order valence-electron chi connectivity index (χ1n) is 8.02. The molecule has 1 aromatic carbocycles. The molecule has 0 spiro atoms. The zero-order valence-electron chi connectivity index (χ0n) is 14.3. The fraction of sp³-hybridized carbons (Fsp3) is 0.278. The van der Waals surface area contributed by atoms with Gasteiger partial charge in [0.2, 0.25) is 0 Å². The van der Waals surface area contributed by atoms with E-state index in [1.807, 2.05) is 0 Å². The average molecular weight is 429 g/mol. The number of nitrogens with zero attached hydrogens (tertiary/aromatic N) is 3. The van der Waals surface area contributed by atoms with Gasteiger partial charge in [-0.05, 0) is 29.8 Å². The van der Waals surface area contributed by atoms with E-state index >= 15 is 0 Å². The highest BCUT2D eigenvalue weighted by atomic mass is 35.5. The SMILES string of the molecule is COC(=O)C1C(CO)N=C(c2cncc(Cl)c2)N1Cc1cc(Cl)ccc1Cl. The van der Waals surface area contributed by atoms with Gasteiger partial charge in [-0.25, -0.2) is 4.79 Å². The smallest absolute Gasteiger partial charge is 0.330 e. The number of halogens is 3. The summed E-state index contributed by atoms with van der Waals surface area (Å²) in [6.45, 7) is -0.0853. The van der Waals surface area contributed by atoms with Crippen LogP contribution in [0.25, 0.3) is 0 Å². The third-order valence-corrected chi connectivity index (χ3v) is 5.01. The Morgan fingerprint density at radius 1 is 1.22 bits per heavy atom. The number of ether oxygens (including phenoxy) is 1. The fourth-order valence-electron chi connectivity index (χ4n) is 2.98. The molecule has 0 saturated heterocycles. The van der Waals surface area contributed by atoms with Crippen LogP contribution in [0.3, 0.4) is 0 Å². The molecular formula is C18H16Cl3N3O3. The number of aliphatic hydroxyl groups is 1. The van der Waals surface area contributed by atoms with Crippen LogP contribution >= 0.6 is 34.8 Å². The maximum absolute atomic E-state index is 12.4. The number of aromatic nitrogens is 1. The van der Waals surface area contributed by atoms with Crippen LogP contribution in [0.4, 0.5) is 0 Å². The molecule has 142 valence electrons. The van der Waals surface area contributed by atoms with E-state index in [0.717, 1.165) is 0 Å². The van der Waals surface area contributed by atoms with Crippen LogP contribution in [0.15, 0.2) is 41.7 Å². The molecule has 1 aliphatic heterocycles. The number of rotatable bonds is 5. The first-order chi connectivity index (χ1) is 12.9. The zero-order chi connectivity index (χ0) is 19.6. The van der Waals surface area contributed by atoms with Crippen LogP contribution in [0.1, 0.15) is 11.1 Å². The molecule has 27 heavy (non-hydrogen) atoms. The molecule has 1 N–H and O–H groups in total. The Bertz CT molecular complexity index is 891. The lowest BCUT2D eigenvalue weighted by Crippen LogP contribution is -2.46. The Kier molecular flexibility index (Phi) is 6.22. The van der Waals surface area contributed by atoms with Crippen molar-refractivity contribution in [1.82, 2.24) is 9.88 Å². The van der Waals surface area contributed by atoms with Crippen molar-refractivity contribution >= 4 is 46.6 Å². The molecule has 2 atom stereocenters. The first kappa shape index (κ1) is 19.9. The van der Waals surface area contributed by atoms with Crippen LogP contribution in [-0.4, -0.2) is 52.6 Å². The van der Waals surface area contributed by atoms with Gasteiger partial charge in [-0.3, -0.25) is 9.98 Å². The van der Waals surface area contributed by atoms with Gasteiger partial charge in [0.15, 0.2) is 6.04 Å². The normalized spacial score (nSPS) is 19.1. The van der Waals surface area contributed by atoms with E-state index in [0.29, 0.717) is 32.0 Å². The molecule has 0 bridgehead atoms. The molecule has 1 aromatic heterocycles. The Morgan fingerprint density at radius 3 is 2.67 bits per heavy atom. The van der Waals surface area contributed by atoms with E-state index in [4.69, 9.17) is 39.5 Å². The highest BCUT2D eigenvalue weighted by molar-refractivity contribution is 6.33. The van der Waals surface area contributed by atoms with Crippen molar-refractivity contribution in [3.8, 4) is 0 Å². The Hall–Kier alpha value is -1.86. The summed E-state index contributed by atoms with van der Waals surface area (Å²) < 4.78 is 4.93. The van der Waals surface area contributed by atoms with Crippen LogP contribution in [0, 0.1) is 0 Å². The molecule has 2 heterocycles. The van der Waals surface area contributed by atoms with Crippen LogP contribution < -0.4 is 0 Å². The average Bonchev–Trinajstić information content (AvgIpc) is 3.02. The standard InChI is InChI=1S/C18H16Cl3N3O3/c1-27-18(26)16-15(9-25)23-17(10-4-13(20)7-22-6-10)24(16)8-11-5-12(19)2-3-14(11)21/h2-7,15-16,25H,8-9H2,1H3. The quantitative estimate of drug-likeness (QED) is 0.740. The first-order valence-corrected chi connectivity index (χ1v) is 9.16. The number of carbonyl (C=O) groups excluding carboxylic acids is 1. The van der Waals surface area contributed by atoms with Gasteiger partial charge in [0.05, 0.1) is 18.7 Å². The number of carbonyl (C=O) groups is 1. The highest BCUT2D eigenvalue weighted by Gasteiger charge is 2.42. The minimum Gasteiger partial charge on any atom is -0.467 e. The van der Waals surface area contributed by atoms with E-state index in [2.05, 4.69) is 9.98 Å². The van der Waals surface area contributed by atoms with Gasteiger partial charge in [0.25, 0.3) is 0 Å². The molecule has 0 fully saturated rings. The molecule has 2 aromatic rings. The number of hydrogen-bond donors (Lipinski definition) is 1. The lowest BCUT2D eigenvalue weighted by atomic mass is 10.1. The maximum atomic E-state index is 12.4. The summed E-state index contributed by atoms with van der Waals surface area (Å²) in [4.78, 5) is 22.7. The summed E-state index contributed by atoms with van der Waals surface area (Å²) in [6, 6.07) is 5.27. The second-order valence-electron chi connectivity index (χ2n) is 5.93. The van der Waals surface area contributed by atoms with Gasteiger partial charge in [-0.1, -0.05) is 34.8 Å². The molecule has 0 saturated carbocycles. The van der Waals surface area contributed by atoms with Crippen LogP contribution in [0.5, 0.6) is 0 Å². The zero-order valence-corrected chi connectivity index (χ0v) is 16.5. The third-order valence-electron chi connectivity index (χ3n) is 4.20. The lowest BCUT2D eigenvalue weighted by Gasteiger charge is -2.28. The van der Waals surface area contributed by atoms with E-state index in [1.54, 1.807) is 35.4 Å². The second kappa shape index (κ2) is 8.44. The van der Waals surface area contributed by atoms with Crippen molar-refractivity contribution in [2.24, 2.45) is 4.99 Å². The minimum absolute atomic E-state index is 0.237. The van der Waals surface area contributed by atoms with Gasteiger partial charge >= 0.3 is 5.97 Å². The molecule has 6 nitrogen and oxygen atoms in total. The van der Waals surface area contributed by atoms with Crippen molar-refractivity contribution in [2.45, 2.75) is 18.6 Å². The summed E-state index contributed by atoms with van der Waals surface area (Å²) in [5.41, 5.74) is 1.32. The number of hydrogen-bond acceptors (Lipinski definition) is 6. The number of aliphatic hydroxyl groups excluding tert-OH is 1. The Labute approximate surface area is 171 Å². The lowest BCUT2D eigenvalue weighted by molar-refractivity contribution is -0.146. The minimum atomic E-state index is -0.816. The van der Waals surface area contributed by atoms with Gasteiger partial charge in [0.1, 0.15) is 11.9 Å². The maximum Gasteiger partial charge on any atom is 0.330 e. The van der Waals surface area contributed by atoms with E-state index in [9.17, 15) is 9.90 Å². The number of methoxy groups -OCH3 is 1. The van der Waals surface area contributed by atoms with E-state index in [1.165, 1.54) is 13.3 Å². The van der Waals surface area contributed by atoms with Gasteiger partial charge < -0.3 is 14.7 Å². The number of aliphatic imine (C=N–C) groups is 1. The van der Waals surface area contributed by atoms with Crippen molar-refractivity contribution < 1.29 is 14.6 Å². The largest absolute Gasteiger partial charge is 0.467 e. The van der Waals surface area contributed by atoms with Crippen molar-refractivity contribution in [3.63, 3.8) is 0 Å². The molecule has 9 heteroatoms. The second-order valence-corrected chi connectivity index (χ2v) is 7.21. The Balaban J connectivity index is 2.06. The van der Waals surface area contributed by atoms with E-state index < -0.39 is 18.1 Å². The summed E-state index contributed by atoms with van der Waals surface area (Å²) >= 11 is 18.5. The predicted octanol–water partition coefficient (Wildman–Crippen LogP) is 3.21. The Morgan fingerprint density at radius 2 is 2.00 bits per heavy atom. The molecule has 2 unspecified atom stereocenters. The number of benzene rings is 1. The highest BCUT2D eigenvalue weighted by Crippen LogP contribution is 2.29. The molecule has 3 rings (SSSR count). The van der Waals surface area contributed by atoms with Gasteiger partial charge in [0, 0.05) is 34.5 Å². The topological polar surface area (TPSA) is 75.0 Å². The summed E-state index contributed by atoms with van der Waals surface area (Å²) in [5, 5.41) is 11.2. The fourth-order valence-corrected chi connectivity index (χ4v) is 3.53. The monoisotopic (exact) mass is 427 g/mol. The molecule has 1 aliphatic rings. The van der Waals surface area contributed by atoms with Crippen molar-refractivity contribution in [1.29, 1.82) is 0 Å². The predicted molar refractivity (Wildman–Crippen MR) is 104 cm³/mol. The summed E-state index contributed by atoms with van der Waals surface area (Å²) in [7, 11) is 1.29. The number of amidine groups is 1. The van der Waals surface area contributed by atoms with Gasteiger partial charge in [-0.2, -0.15) is 0 Å². The van der Waals surface area contributed by atoms with E-state index in [-0.39, 0.29) is 13.2 Å². The molecule has 0 amide bonds. The van der Waals surface area contributed by atoms with Crippen LogP contribution in [-0.2, 0) is 16.1 Å².